The quantitative estimate of drug-likeness (QED) is 0.841. The van der Waals surface area contributed by atoms with Crippen LogP contribution < -0.4 is 14.4 Å². The lowest BCUT2D eigenvalue weighted by Gasteiger charge is -2.20. The summed E-state index contributed by atoms with van der Waals surface area (Å²) in [4.78, 5) is 13.1. The molecule has 18 heavy (non-hydrogen) atoms. The van der Waals surface area contributed by atoms with Gasteiger partial charge in [0.1, 0.15) is 19.3 Å². The van der Waals surface area contributed by atoms with Crippen molar-refractivity contribution in [2.24, 2.45) is 0 Å². The van der Waals surface area contributed by atoms with Crippen molar-refractivity contribution in [1.82, 2.24) is 0 Å². The molecule has 1 fully saturated rings. The van der Waals surface area contributed by atoms with Crippen molar-refractivity contribution < 1.29 is 24.1 Å². The van der Waals surface area contributed by atoms with Gasteiger partial charge in [-0.2, -0.15) is 0 Å². The number of hydrogen-bond acceptors (Lipinski definition) is 5. The summed E-state index contributed by atoms with van der Waals surface area (Å²) in [7, 11) is 0. The molecule has 6 nitrogen and oxygen atoms in total. The Morgan fingerprint density at radius 3 is 2.78 bits per heavy atom. The third-order valence-electron chi connectivity index (χ3n) is 2.92. The normalized spacial score (nSPS) is 21.9. The van der Waals surface area contributed by atoms with Crippen LogP contribution in [0.5, 0.6) is 11.5 Å². The number of hydrogen-bond donors (Lipinski definition) is 1. The fourth-order valence-electron chi connectivity index (χ4n) is 2.03. The fourth-order valence-corrected chi connectivity index (χ4v) is 2.03. The van der Waals surface area contributed by atoms with Crippen LogP contribution in [0.2, 0.25) is 0 Å². The molecular formula is C12H13NO5. The first kappa shape index (κ1) is 11.2. The highest BCUT2D eigenvalue weighted by atomic mass is 16.6. The van der Waals surface area contributed by atoms with Gasteiger partial charge < -0.3 is 19.3 Å². The maximum absolute atomic E-state index is 11.6. The predicted molar refractivity (Wildman–Crippen MR) is 62.1 cm³/mol. The molecule has 2 aliphatic heterocycles. The van der Waals surface area contributed by atoms with Gasteiger partial charge in [-0.25, -0.2) is 4.79 Å². The Balaban J connectivity index is 1.86. The van der Waals surface area contributed by atoms with Crippen LogP contribution in [0, 0.1) is 0 Å². The number of amides is 1. The van der Waals surface area contributed by atoms with Gasteiger partial charge in [0.05, 0.1) is 18.8 Å². The first-order valence-corrected chi connectivity index (χ1v) is 5.76. The van der Waals surface area contributed by atoms with E-state index in [-0.39, 0.29) is 6.61 Å². The SMILES string of the molecule is O=C1OC(CO)CN1c1ccc2c(c1)OCCO2. The molecule has 1 saturated heterocycles. The van der Waals surface area contributed by atoms with Crippen molar-refractivity contribution in [3.05, 3.63) is 18.2 Å². The number of carbonyl (C=O) groups excluding carboxylic acids is 1. The summed E-state index contributed by atoms with van der Waals surface area (Å²) in [5.74, 6) is 1.30. The van der Waals surface area contributed by atoms with Gasteiger partial charge in [0.15, 0.2) is 11.5 Å². The highest BCUT2D eigenvalue weighted by Crippen LogP contribution is 2.35. The molecule has 1 aromatic rings. The highest BCUT2D eigenvalue weighted by Gasteiger charge is 2.32. The Bertz CT molecular complexity index is 476. The maximum Gasteiger partial charge on any atom is 0.414 e. The largest absolute Gasteiger partial charge is 0.486 e. The van der Waals surface area contributed by atoms with Crippen molar-refractivity contribution in [2.45, 2.75) is 6.10 Å². The van der Waals surface area contributed by atoms with E-state index in [0.29, 0.717) is 36.9 Å². The third-order valence-corrected chi connectivity index (χ3v) is 2.92. The molecule has 2 heterocycles. The first-order chi connectivity index (χ1) is 8.78. The molecule has 0 bridgehead atoms. The molecule has 3 rings (SSSR count). The summed E-state index contributed by atoms with van der Waals surface area (Å²) < 4.78 is 15.9. The van der Waals surface area contributed by atoms with Crippen LogP contribution in [0.1, 0.15) is 0 Å². The molecule has 6 heteroatoms. The number of nitrogens with zero attached hydrogens (tertiary/aromatic N) is 1. The number of aliphatic hydroxyl groups is 1. The van der Waals surface area contributed by atoms with Gasteiger partial charge in [0, 0.05) is 6.07 Å². The van der Waals surface area contributed by atoms with Crippen molar-refractivity contribution in [3.8, 4) is 11.5 Å². The molecule has 0 radical (unpaired) electrons. The first-order valence-electron chi connectivity index (χ1n) is 5.76. The number of anilines is 1. The van der Waals surface area contributed by atoms with Crippen LogP contribution in [0.25, 0.3) is 0 Å². The van der Waals surface area contributed by atoms with Crippen LogP contribution in [0.15, 0.2) is 18.2 Å². The second-order valence-corrected chi connectivity index (χ2v) is 4.13. The van der Waals surface area contributed by atoms with E-state index < -0.39 is 12.2 Å². The van der Waals surface area contributed by atoms with Gasteiger partial charge in [-0.3, -0.25) is 4.90 Å². The number of carbonyl (C=O) groups is 1. The molecule has 0 spiro atoms. The van der Waals surface area contributed by atoms with Gasteiger partial charge in [-0.05, 0) is 12.1 Å². The standard InChI is InChI=1S/C12H13NO5/c14-7-9-6-13(12(15)18-9)8-1-2-10-11(5-8)17-4-3-16-10/h1-2,5,9,14H,3-4,6-7H2. The van der Waals surface area contributed by atoms with Crippen LogP contribution in [-0.4, -0.2) is 43.7 Å². The number of aliphatic hydroxyl groups excluding tert-OH is 1. The van der Waals surface area contributed by atoms with Crippen LogP contribution >= 0.6 is 0 Å². The van der Waals surface area contributed by atoms with Gasteiger partial charge in [-0.1, -0.05) is 0 Å². The van der Waals surface area contributed by atoms with Crippen molar-refractivity contribution in [1.29, 1.82) is 0 Å². The van der Waals surface area contributed by atoms with E-state index in [9.17, 15) is 4.79 Å². The van der Waals surface area contributed by atoms with Gasteiger partial charge >= 0.3 is 6.09 Å². The van der Waals surface area contributed by atoms with E-state index in [0.717, 1.165) is 0 Å². The summed E-state index contributed by atoms with van der Waals surface area (Å²) >= 11 is 0. The Labute approximate surface area is 104 Å². The fraction of sp³-hybridized carbons (Fsp3) is 0.417. The topological polar surface area (TPSA) is 68.2 Å². The van der Waals surface area contributed by atoms with Crippen molar-refractivity contribution in [3.63, 3.8) is 0 Å². The number of ether oxygens (including phenoxy) is 3. The van der Waals surface area contributed by atoms with Crippen LogP contribution in [-0.2, 0) is 4.74 Å². The highest BCUT2D eigenvalue weighted by molar-refractivity contribution is 5.90. The lowest BCUT2D eigenvalue weighted by molar-refractivity contribution is 0.0963. The van der Waals surface area contributed by atoms with Crippen LogP contribution in [0.4, 0.5) is 10.5 Å². The molecule has 96 valence electrons. The van der Waals surface area contributed by atoms with E-state index in [1.54, 1.807) is 18.2 Å². The molecule has 1 atom stereocenters. The Hall–Kier alpha value is -1.95. The van der Waals surface area contributed by atoms with Crippen molar-refractivity contribution >= 4 is 11.8 Å². The lowest BCUT2D eigenvalue weighted by Crippen LogP contribution is -2.25. The van der Waals surface area contributed by atoms with Crippen molar-refractivity contribution in [2.75, 3.05) is 31.3 Å². The van der Waals surface area contributed by atoms with Crippen LogP contribution in [0.3, 0.4) is 0 Å². The molecule has 1 N–H and O–H groups in total. The van der Waals surface area contributed by atoms with E-state index in [4.69, 9.17) is 19.3 Å². The summed E-state index contributed by atoms with van der Waals surface area (Å²) in [5, 5.41) is 8.99. The zero-order valence-electron chi connectivity index (χ0n) is 9.67. The lowest BCUT2D eigenvalue weighted by atomic mass is 10.2. The second kappa shape index (κ2) is 4.38. The second-order valence-electron chi connectivity index (χ2n) is 4.13. The molecule has 0 aliphatic carbocycles. The summed E-state index contributed by atoms with van der Waals surface area (Å²) in [6.07, 6.45) is -0.920. The zero-order chi connectivity index (χ0) is 12.5. The van der Waals surface area contributed by atoms with E-state index in [2.05, 4.69) is 0 Å². The maximum atomic E-state index is 11.6. The molecular weight excluding hydrogens is 238 g/mol. The number of rotatable bonds is 2. The van der Waals surface area contributed by atoms with Gasteiger partial charge in [-0.15, -0.1) is 0 Å². The average Bonchev–Trinajstić information content (AvgIpc) is 2.79. The Morgan fingerprint density at radius 2 is 2.06 bits per heavy atom. The number of cyclic esters (lactones) is 1. The third kappa shape index (κ3) is 1.84. The summed E-state index contributed by atoms with van der Waals surface area (Å²) in [6, 6.07) is 5.29. The minimum atomic E-state index is -0.467. The number of benzene rings is 1. The van der Waals surface area contributed by atoms with E-state index in [1.807, 2.05) is 0 Å². The average molecular weight is 251 g/mol. The monoisotopic (exact) mass is 251 g/mol. The molecule has 0 saturated carbocycles. The minimum absolute atomic E-state index is 0.174. The number of fused-ring (bicyclic) bond motifs is 1. The molecule has 1 aromatic carbocycles. The van der Waals surface area contributed by atoms with Gasteiger partial charge in [0.2, 0.25) is 0 Å². The van der Waals surface area contributed by atoms with Gasteiger partial charge in [0.25, 0.3) is 0 Å². The smallest absolute Gasteiger partial charge is 0.414 e. The Morgan fingerprint density at radius 1 is 1.28 bits per heavy atom. The minimum Gasteiger partial charge on any atom is -0.486 e. The molecule has 1 amide bonds. The Kier molecular flexibility index (Phi) is 2.71. The zero-order valence-corrected chi connectivity index (χ0v) is 9.67. The molecule has 0 aromatic heterocycles. The summed E-state index contributed by atoms with van der Waals surface area (Å²) in [6.45, 7) is 1.20. The summed E-state index contributed by atoms with van der Waals surface area (Å²) in [5.41, 5.74) is 0.681. The predicted octanol–water partition coefficient (Wildman–Crippen LogP) is 0.775. The van der Waals surface area contributed by atoms with E-state index in [1.165, 1.54) is 4.90 Å². The molecule has 1 unspecified atom stereocenters. The van der Waals surface area contributed by atoms with E-state index >= 15 is 0 Å². The molecule has 2 aliphatic rings.